The molecule has 7 nitrogen and oxygen atoms in total. The number of nitrogens with one attached hydrogen (secondary N) is 3. The van der Waals surface area contributed by atoms with Crippen molar-refractivity contribution in [3.63, 3.8) is 0 Å². The van der Waals surface area contributed by atoms with Crippen molar-refractivity contribution in [2.45, 2.75) is 44.6 Å². The summed E-state index contributed by atoms with van der Waals surface area (Å²) < 4.78 is 6.14. The molecule has 1 aliphatic rings. The van der Waals surface area contributed by atoms with Gasteiger partial charge in [-0.2, -0.15) is 0 Å². The fourth-order valence-corrected chi connectivity index (χ4v) is 5.17. The van der Waals surface area contributed by atoms with Gasteiger partial charge in [-0.25, -0.2) is 4.98 Å². The van der Waals surface area contributed by atoms with Crippen LogP contribution in [0.3, 0.4) is 0 Å². The molecule has 180 valence electrons. The molecule has 34 heavy (non-hydrogen) atoms. The van der Waals surface area contributed by atoms with Crippen molar-refractivity contribution in [3.8, 4) is 5.75 Å². The number of nitrogens with zero attached hydrogens (tertiary/aromatic N) is 1. The first kappa shape index (κ1) is 24.0. The molecule has 2 aromatic carbocycles. The summed E-state index contributed by atoms with van der Waals surface area (Å²) in [5.74, 6) is 0.915. The number of fused-ring (bicyclic) bond motifs is 1. The minimum atomic E-state index is -0.547. The first-order valence-corrected chi connectivity index (χ1v) is 12.8. The van der Waals surface area contributed by atoms with E-state index in [9.17, 15) is 9.59 Å². The van der Waals surface area contributed by atoms with Gasteiger partial charge in [0.15, 0.2) is 0 Å². The van der Waals surface area contributed by atoms with Crippen LogP contribution in [-0.4, -0.2) is 43.0 Å². The number of carbonyl (C=O) groups excluding carboxylic acids is 2. The lowest BCUT2D eigenvalue weighted by Gasteiger charge is -2.26. The second kappa shape index (κ2) is 11.8. The number of methoxy groups -OCH3 is 1. The molecule has 1 atom stereocenters. The van der Waals surface area contributed by atoms with Gasteiger partial charge < -0.3 is 20.7 Å². The van der Waals surface area contributed by atoms with Crippen LogP contribution in [0.2, 0.25) is 0 Å². The molecule has 8 heteroatoms. The van der Waals surface area contributed by atoms with Crippen LogP contribution in [0.1, 0.15) is 48.9 Å². The van der Waals surface area contributed by atoms with Gasteiger partial charge >= 0.3 is 0 Å². The quantitative estimate of drug-likeness (QED) is 0.369. The van der Waals surface area contributed by atoms with Crippen molar-refractivity contribution in [2.24, 2.45) is 5.92 Å². The summed E-state index contributed by atoms with van der Waals surface area (Å²) in [7, 11) is 1.64. The highest BCUT2D eigenvalue weighted by Gasteiger charge is 2.26. The first-order valence-electron chi connectivity index (χ1n) is 11.9. The third kappa shape index (κ3) is 6.47. The van der Waals surface area contributed by atoms with Gasteiger partial charge in [0.05, 0.1) is 22.8 Å². The van der Waals surface area contributed by atoms with Crippen molar-refractivity contribution in [1.82, 2.24) is 15.6 Å². The summed E-state index contributed by atoms with van der Waals surface area (Å²) in [4.78, 5) is 30.3. The Kier molecular flexibility index (Phi) is 8.36. The van der Waals surface area contributed by atoms with Crippen molar-refractivity contribution >= 4 is 39.1 Å². The van der Waals surface area contributed by atoms with E-state index >= 15 is 0 Å². The molecule has 0 unspecified atom stereocenters. The predicted octanol–water partition coefficient (Wildman–Crippen LogP) is 4.60. The van der Waals surface area contributed by atoms with Crippen molar-refractivity contribution in [1.29, 1.82) is 0 Å². The van der Waals surface area contributed by atoms with E-state index in [1.807, 2.05) is 36.4 Å². The Morgan fingerprint density at radius 3 is 2.65 bits per heavy atom. The molecule has 3 N–H and O–H groups in total. The van der Waals surface area contributed by atoms with Gasteiger partial charge in [0.1, 0.15) is 11.8 Å². The maximum absolute atomic E-state index is 13.1. The third-order valence-electron chi connectivity index (χ3n) is 6.35. The molecule has 0 spiro atoms. The monoisotopic (exact) mass is 480 g/mol. The number of thiazole rings is 1. The molecular formula is C26H32N4O3S. The van der Waals surface area contributed by atoms with E-state index in [2.05, 4.69) is 20.9 Å². The van der Waals surface area contributed by atoms with E-state index in [0.29, 0.717) is 31.0 Å². The average molecular weight is 481 g/mol. The van der Waals surface area contributed by atoms with E-state index in [1.54, 1.807) is 18.7 Å². The molecule has 3 aromatic rings. The first-order chi connectivity index (χ1) is 16.6. The van der Waals surface area contributed by atoms with Crippen molar-refractivity contribution in [2.75, 3.05) is 25.5 Å². The zero-order valence-electron chi connectivity index (χ0n) is 19.5. The number of ether oxygens (including phenoxy) is 1. The summed E-state index contributed by atoms with van der Waals surface area (Å²) in [5.41, 5.74) is 4.16. The Morgan fingerprint density at radius 1 is 1.09 bits per heavy atom. The minimum Gasteiger partial charge on any atom is -0.497 e. The molecule has 1 aromatic heterocycles. The van der Waals surface area contributed by atoms with E-state index in [4.69, 9.17) is 4.74 Å². The Labute approximate surface area is 204 Å². The van der Waals surface area contributed by atoms with Gasteiger partial charge in [0.25, 0.3) is 5.91 Å². The van der Waals surface area contributed by atoms with Gasteiger partial charge in [0.2, 0.25) is 5.91 Å². The highest BCUT2D eigenvalue weighted by molar-refractivity contribution is 7.16. The lowest BCUT2D eigenvalue weighted by Crippen LogP contribution is -2.48. The van der Waals surface area contributed by atoms with Gasteiger partial charge in [-0.15, -0.1) is 11.3 Å². The summed E-state index contributed by atoms with van der Waals surface area (Å²) >= 11 is 1.50. The lowest BCUT2D eigenvalue weighted by atomic mass is 9.84. The standard InChI is InChI=1S/C26H32N4O3S/c1-33-21-10-8-20(9-11-21)27-13-14-28-26(32)23(15-18-5-3-2-4-6-18)30-25(31)19-7-12-22-24(16-19)34-17-29-22/h7-12,16-18,23,27H,2-6,13-15H2,1H3,(H,28,32)(H,30,31)/t23-/m0/s1. The molecule has 0 bridgehead atoms. The number of hydrogen-bond donors (Lipinski definition) is 3. The number of aromatic nitrogens is 1. The molecule has 1 heterocycles. The van der Waals surface area contributed by atoms with Crippen molar-refractivity contribution < 1.29 is 14.3 Å². The van der Waals surface area contributed by atoms with E-state index in [0.717, 1.165) is 34.5 Å². The van der Waals surface area contributed by atoms with Gasteiger partial charge in [-0.05, 0) is 54.8 Å². The number of anilines is 1. The molecule has 1 fully saturated rings. The molecule has 1 saturated carbocycles. The smallest absolute Gasteiger partial charge is 0.251 e. The SMILES string of the molecule is COc1ccc(NCCNC(=O)[C@H](CC2CCCCC2)NC(=O)c2ccc3ncsc3c2)cc1. The number of hydrogen-bond acceptors (Lipinski definition) is 6. The van der Waals surface area contributed by atoms with Crippen LogP contribution >= 0.6 is 11.3 Å². The highest BCUT2D eigenvalue weighted by atomic mass is 32.1. The summed E-state index contributed by atoms with van der Waals surface area (Å²) in [6.07, 6.45) is 6.55. The molecular weight excluding hydrogens is 448 g/mol. The maximum Gasteiger partial charge on any atom is 0.251 e. The number of carbonyl (C=O) groups is 2. The molecule has 0 saturated heterocycles. The van der Waals surface area contributed by atoms with Crippen LogP contribution in [0.4, 0.5) is 5.69 Å². The van der Waals surface area contributed by atoms with Crippen LogP contribution in [0.5, 0.6) is 5.75 Å². The second-order valence-electron chi connectivity index (χ2n) is 8.75. The van der Waals surface area contributed by atoms with Crippen LogP contribution < -0.4 is 20.7 Å². The van der Waals surface area contributed by atoms with Gasteiger partial charge in [0, 0.05) is 24.3 Å². The van der Waals surface area contributed by atoms with E-state index < -0.39 is 6.04 Å². The minimum absolute atomic E-state index is 0.130. The lowest BCUT2D eigenvalue weighted by molar-refractivity contribution is -0.123. The van der Waals surface area contributed by atoms with E-state index in [-0.39, 0.29) is 11.8 Å². The number of amides is 2. The molecule has 0 aliphatic heterocycles. The highest BCUT2D eigenvalue weighted by Crippen LogP contribution is 2.27. The van der Waals surface area contributed by atoms with E-state index in [1.165, 1.54) is 30.6 Å². The van der Waals surface area contributed by atoms with Crippen LogP contribution in [-0.2, 0) is 4.79 Å². The summed E-state index contributed by atoms with van der Waals surface area (Å²) in [6, 6.07) is 12.6. The third-order valence-corrected chi connectivity index (χ3v) is 7.14. The molecule has 4 rings (SSSR count). The van der Waals surface area contributed by atoms with Crippen molar-refractivity contribution in [3.05, 3.63) is 53.5 Å². The number of rotatable bonds is 10. The van der Waals surface area contributed by atoms with Gasteiger partial charge in [-0.1, -0.05) is 32.1 Å². The molecule has 2 amide bonds. The Balaban J connectivity index is 1.34. The topological polar surface area (TPSA) is 92.4 Å². The Morgan fingerprint density at radius 2 is 1.88 bits per heavy atom. The predicted molar refractivity (Wildman–Crippen MR) is 137 cm³/mol. The normalized spacial score (nSPS) is 15.0. The van der Waals surface area contributed by atoms with Gasteiger partial charge in [-0.3, -0.25) is 9.59 Å². The largest absolute Gasteiger partial charge is 0.497 e. The molecule has 1 aliphatic carbocycles. The zero-order valence-corrected chi connectivity index (χ0v) is 20.3. The Hall–Kier alpha value is -3.13. The number of benzene rings is 2. The zero-order chi connectivity index (χ0) is 23.8. The average Bonchev–Trinajstić information content (AvgIpc) is 3.35. The second-order valence-corrected chi connectivity index (χ2v) is 9.63. The fourth-order valence-electron chi connectivity index (χ4n) is 4.45. The molecule has 0 radical (unpaired) electrons. The summed E-state index contributed by atoms with van der Waals surface area (Å²) in [5, 5.41) is 9.30. The maximum atomic E-state index is 13.1. The van der Waals surface area contributed by atoms with Crippen LogP contribution in [0.15, 0.2) is 48.0 Å². The van der Waals surface area contributed by atoms with Crippen LogP contribution in [0, 0.1) is 5.92 Å². The van der Waals surface area contributed by atoms with Crippen LogP contribution in [0.25, 0.3) is 10.2 Å². The fraction of sp³-hybridized carbons (Fsp3) is 0.423. The summed E-state index contributed by atoms with van der Waals surface area (Å²) in [6.45, 7) is 1.05. The Bertz CT molecular complexity index is 1090.